The van der Waals surface area contributed by atoms with Crippen molar-refractivity contribution < 1.29 is 53.6 Å². The number of carbonyl (C=O) groups is 1. The van der Waals surface area contributed by atoms with Crippen molar-refractivity contribution >= 4 is 51.3 Å². The molecule has 6 rings (SSSR count). The molecule has 0 saturated heterocycles. The van der Waals surface area contributed by atoms with Crippen molar-refractivity contribution in [2.45, 2.75) is 71.1 Å². The van der Waals surface area contributed by atoms with Gasteiger partial charge in [-0.3, -0.25) is 18.8 Å². The molecule has 2 unspecified atom stereocenters. The third kappa shape index (κ3) is 9.63. The van der Waals surface area contributed by atoms with Gasteiger partial charge in [-0.05, 0) is 59.2 Å². The molecule has 1 aliphatic rings. The molecule has 0 radical (unpaired) electrons. The van der Waals surface area contributed by atoms with Crippen LogP contribution in [0.4, 0.5) is 45.2 Å². The van der Waals surface area contributed by atoms with E-state index in [-0.39, 0.29) is 55.8 Å². The first kappa shape index (κ1) is 48.0. The van der Waals surface area contributed by atoms with Gasteiger partial charge in [0.25, 0.3) is 17.9 Å². The molecule has 2 aromatic heterocycles. The number of nitrogens with zero attached hydrogens (tertiary/aromatic N) is 5. The Morgan fingerprint density at radius 1 is 1.12 bits per heavy atom. The van der Waals surface area contributed by atoms with E-state index in [1.54, 1.807) is 0 Å². The maximum absolute atomic E-state index is 15.5. The van der Waals surface area contributed by atoms with Gasteiger partial charge >= 0.3 is 6.18 Å². The number of amidine groups is 1. The lowest BCUT2D eigenvalue weighted by Crippen LogP contribution is -2.38. The molecule has 3 atom stereocenters. The van der Waals surface area contributed by atoms with Crippen LogP contribution in [0.2, 0.25) is 5.02 Å². The van der Waals surface area contributed by atoms with E-state index in [1.165, 1.54) is 43.6 Å². The summed E-state index contributed by atoms with van der Waals surface area (Å²) in [5.41, 5.74) is 0.638. The molecular formula is C41H40ClF9N8O4S. The molecule has 12 nitrogen and oxygen atoms in total. The number of hydrogen-bond donors (Lipinski definition) is 3. The first-order chi connectivity index (χ1) is 29.8. The zero-order chi connectivity index (χ0) is 47.2. The summed E-state index contributed by atoms with van der Waals surface area (Å²) >= 11 is 4.70. The number of ether oxygens (including phenoxy) is 1. The number of nitrogens with two attached hydrogens (primary N) is 1. The molecule has 1 amide bonds. The van der Waals surface area contributed by atoms with Gasteiger partial charge < -0.3 is 25.7 Å². The summed E-state index contributed by atoms with van der Waals surface area (Å²) in [4.78, 5) is 33.6. The Balaban J connectivity index is 1.57. The van der Waals surface area contributed by atoms with Gasteiger partial charge in [0.2, 0.25) is 5.91 Å². The summed E-state index contributed by atoms with van der Waals surface area (Å²) in [6, 6.07) is 7.25. The monoisotopic (exact) mass is 946 g/mol. The van der Waals surface area contributed by atoms with Gasteiger partial charge in [-0.25, -0.2) is 22.5 Å². The lowest BCUT2D eigenvalue weighted by atomic mass is 9.89. The Morgan fingerprint density at radius 3 is 2.41 bits per heavy atom. The van der Waals surface area contributed by atoms with Gasteiger partial charge in [-0.15, -0.1) is 0 Å². The van der Waals surface area contributed by atoms with Crippen molar-refractivity contribution in [1.82, 2.24) is 24.6 Å². The summed E-state index contributed by atoms with van der Waals surface area (Å²) in [5.74, 6) is -9.03. The van der Waals surface area contributed by atoms with Crippen LogP contribution in [-0.2, 0) is 41.5 Å². The molecular weight excluding hydrogens is 907 g/mol. The van der Waals surface area contributed by atoms with E-state index < -0.39 is 120 Å². The SMILES string of the molecule is CNc1c(-n2c(C(Cc3cc(F)cc(F)c3)NC(=O)Cn3nc(C(F)F)c4c3C(F)(F)[C@@H](C)C4)nc3cc(OCCC(C)(C)C(F)(F)F)ccc3c2=O)ccc(Cl)c1C(N)=N[S+](C)[O-]. The number of rotatable bonds is 15. The summed E-state index contributed by atoms with van der Waals surface area (Å²) in [6.07, 6.45) is -8.05. The molecule has 0 aliphatic heterocycles. The highest BCUT2D eigenvalue weighted by molar-refractivity contribution is 7.89. The van der Waals surface area contributed by atoms with Crippen LogP contribution in [0, 0.1) is 23.0 Å². The minimum absolute atomic E-state index is 0.000734. The van der Waals surface area contributed by atoms with Gasteiger partial charge in [-0.2, -0.15) is 27.1 Å². The highest BCUT2D eigenvalue weighted by Crippen LogP contribution is 2.48. The Labute approximate surface area is 367 Å². The molecule has 1 aliphatic carbocycles. The number of fused-ring (bicyclic) bond motifs is 2. The van der Waals surface area contributed by atoms with Crippen molar-refractivity contribution in [2.24, 2.45) is 21.5 Å². The number of benzene rings is 3. The van der Waals surface area contributed by atoms with E-state index in [9.17, 15) is 44.9 Å². The highest BCUT2D eigenvalue weighted by atomic mass is 35.5. The Morgan fingerprint density at radius 2 is 1.80 bits per heavy atom. The summed E-state index contributed by atoms with van der Waals surface area (Å²) in [5, 5.41) is 8.95. The number of nitrogens with one attached hydrogen (secondary N) is 2. The van der Waals surface area contributed by atoms with Gasteiger partial charge in [0.15, 0.2) is 5.84 Å². The van der Waals surface area contributed by atoms with E-state index in [1.807, 2.05) is 0 Å². The minimum atomic E-state index is -4.55. The standard InChI is InChI=1S/C41H40ClF9N8O4S/c1-19-12-25-32(35(45)46)56-58(34(25)40(19,47)48)18-30(60)54-28(15-20-13-21(43)16-22(44)14-20)37-55-27-17-23(63-11-10-39(2,3)41(49,50)51)6-7-24(27)38(61)59(37)29-9-8-26(42)31(33(29)53-4)36(52)57-64(5)62/h6-9,13-14,16-17,19,28,35,53H,10-12,15,18H2,1-5H3,(H2,52,57)(H,54,60)/t19-,28?,64?/m0/s1. The van der Waals surface area contributed by atoms with E-state index in [0.717, 1.165) is 37.5 Å². The zero-order valence-corrected chi connectivity index (χ0v) is 36.1. The van der Waals surface area contributed by atoms with Crippen LogP contribution < -0.4 is 26.7 Å². The topological polar surface area (TPSA) is 165 Å². The van der Waals surface area contributed by atoms with Crippen molar-refractivity contribution in [1.29, 1.82) is 0 Å². The molecule has 4 N–H and O–H groups in total. The molecule has 5 aromatic rings. The average Bonchev–Trinajstić information content (AvgIpc) is 3.65. The second-order valence-electron chi connectivity index (χ2n) is 15.7. The number of hydrogen-bond acceptors (Lipinski definition) is 8. The van der Waals surface area contributed by atoms with Crippen LogP contribution in [0.15, 0.2) is 57.7 Å². The lowest BCUT2D eigenvalue weighted by molar-refractivity contribution is -0.215. The minimum Gasteiger partial charge on any atom is -0.591 e. The molecule has 0 bridgehead atoms. The molecule has 3 aromatic carbocycles. The fourth-order valence-corrected chi connectivity index (χ4v) is 7.96. The molecule has 23 heteroatoms. The number of anilines is 1. The van der Waals surface area contributed by atoms with Crippen LogP contribution >= 0.6 is 11.6 Å². The third-order valence-electron chi connectivity index (χ3n) is 10.8. The maximum Gasteiger partial charge on any atom is 0.394 e. The van der Waals surface area contributed by atoms with Crippen molar-refractivity contribution in [3.05, 3.63) is 109 Å². The zero-order valence-electron chi connectivity index (χ0n) is 34.5. The first-order valence-electron chi connectivity index (χ1n) is 19.3. The Bertz CT molecular complexity index is 2670. The molecule has 64 heavy (non-hydrogen) atoms. The van der Waals surface area contributed by atoms with Gasteiger partial charge in [0.1, 0.15) is 47.4 Å². The number of halogens is 10. The third-order valence-corrected chi connectivity index (χ3v) is 11.5. The van der Waals surface area contributed by atoms with E-state index in [0.29, 0.717) is 10.7 Å². The Hall–Kier alpha value is -5.48. The first-order valence-corrected chi connectivity index (χ1v) is 21.2. The number of amides is 1. The molecule has 0 spiro atoms. The fraction of sp³-hybridized carbons (Fsp3) is 0.390. The van der Waals surface area contributed by atoms with Crippen molar-refractivity contribution in [2.75, 3.05) is 25.2 Å². The summed E-state index contributed by atoms with van der Waals surface area (Å²) in [7, 11) is 1.42. The van der Waals surface area contributed by atoms with Crippen molar-refractivity contribution in [3.8, 4) is 11.4 Å². The van der Waals surface area contributed by atoms with Crippen LogP contribution in [0.5, 0.6) is 5.75 Å². The summed E-state index contributed by atoms with van der Waals surface area (Å²) in [6.45, 7) is 1.67. The second-order valence-corrected chi connectivity index (χ2v) is 17.2. The predicted octanol–water partition coefficient (Wildman–Crippen LogP) is 8.23. The highest BCUT2D eigenvalue weighted by Gasteiger charge is 2.52. The van der Waals surface area contributed by atoms with Crippen LogP contribution in [0.1, 0.15) is 73.6 Å². The number of aromatic nitrogens is 4. The molecule has 2 heterocycles. The van der Waals surface area contributed by atoms with Crippen LogP contribution in [0.3, 0.4) is 0 Å². The van der Waals surface area contributed by atoms with Gasteiger partial charge in [0.05, 0.1) is 62.3 Å². The largest absolute Gasteiger partial charge is 0.591 e. The van der Waals surface area contributed by atoms with Crippen LogP contribution in [-0.4, -0.2) is 61.7 Å². The smallest absolute Gasteiger partial charge is 0.394 e. The van der Waals surface area contributed by atoms with Gasteiger partial charge in [0, 0.05) is 37.1 Å². The maximum atomic E-state index is 15.5. The normalized spacial score (nSPS) is 16.3. The number of carbonyl (C=O) groups excluding carboxylic acids is 1. The molecule has 344 valence electrons. The Kier molecular flexibility index (Phi) is 13.6. The quantitative estimate of drug-likeness (QED) is 0.0409. The number of alkyl halides is 7. The van der Waals surface area contributed by atoms with Gasteiger partial charge in [-0.1, -0.05) is 32.4 Å². The summed E-state index contributed by atoms with van der Waals surface area (Å²) < 4.78 is 152. The van der Waals surface area contributed by atoms with Crippen LogP contribution in [0.25, 0.3) is 16.6 Å². The molecule has 0 fully saturated rings. The van der Waals surface area contributed by atoms with E-state index in [4.69, 9.17) is 27.1 Å². The predicted molar refractivity (Wildman–Crippen MR) is 222 cm³/mol. The van der Waals surface area contributed by atoms with E-state index in [2.05, 4.69) is 20.1 Å². The fourth-order valence-electron chi connectivity index (χ4n) is 7.34. The second kappa shape index (κ2) is 18.2. The van der Waals surface area contributed by atoms with E-state index >= 15 is 8.78 Å². The lowest BCUT2D eigenvalue weighted by Gasteiger charge is -2.27. The molecule has 0 saturated carbocycles. The van der Waals surface area contributed by atoms with Crippen molar-refractivity contribution in [3.63, 3.8) is 0 Å². The average molecular weight is 947 g/mol.